The molecule has 0 saturated carbocycles. The number of benzene rings is 2. The Balaban J connectivity index is 1.83. The first-order valence-electron chi connectivity index (χ1n) is 8.22. The zero-order valence-corrected chi connectivity index (χ0v) is 17.7. The lowest BCUT2D eigenvalue weighted by Gasteiger charge is -2.09. The molecule has 0 heterocycles. The highest BCUT2D eigenvalue weighted by Gasteiger charge is 2.12. The zero-order valence-electron chi connectivity index (χ0n) is 15.3. The number of ketones is 1. The second-order valence-corrected chi connectivity index (χ2v) is 7.87. The first kappa shape index (κ1) is 21.2. The van der Waals surface area contributed by atoms with Gasteiger partial charge in [-0.15, -0.1) is 11.8 Å². The van der Waals surface area contributed by atoms with Crippen molar-refractivity contribution in [3.63, 3.8) is 0 Å². The molecule has 0 atom stereocenters. The van der Waals surface area contributed by atoms with Gasteiger partial charge in [0, 0.05) is 27.5 Å². The highest BCUT2D eigenvalue weighted by Crippen LogP contribution is 2.28. The number of hydrogen-bond donors (Lipinski definition) is 1. The van der Waals surface area contributed by atoms with Gasteiger partial charge in [0.2, 0.25) is 5.91 Å². The van der Waals surface area contributed by atoms with E-state index in [2.05, 4.69) is 21.2 Å². The van der Waals surface area contributed by atoms with Gasteiger partial charge in [-0.25, -0.2) is 0 Å². The fourth-order valence-corrected chi connectivity index (χ4v) is 3.62. The van der Waals surface area contributed by atoms with Crippen molar-refractivity contribution in [2.24, 2.45) is 0 Å². The molecule has 1 N–H and O–H groups in total. The molecule has 2 aromatic rings. The molecule has 2 aromatic carbocycles. The number of carbonyl (C=O) groups excluding carboxylic acids is 3. The van der Waals surface area contributed by atoms with Gasteiger partial charge in [-0.1, -0.05) is 15.9 Å². The first-order chi connectivity index (χ1) is 12.8. The molecule has 1 amide bonds. The van der Waals surface area contributed by atoms with Crippen molar-refractivity contribution in [2.75, 3.05) is 17.7 Å². The van der Waals surface area contributed by atoms with Crippen LogP contribution in [0.3, 0.4) is 0 Å². The predicted molar refractivity (Wildman–Crippen MR) is 110 cm³/mol. The smallest absolute Gasteiger partial charge is 0.316 e. The topological polar surface area (TPSA) is 72.5 Å². The summed E-state index contributed by atoms with van der Waals surface area (Å²) in [6, 6.07) is 10.5. The average Bonchev–Trinajstić information content (AvgIpc) is 2.61. The van der Waals surface area contributed by atoms with E-state index in [1.54, 1.807) is 24.3 Å². The van der Waals surface area contributed by atoms with E-state index in [-0.39, 0.29) is 24.1 Å². The van der Waals surface area contributed by atoms with Crippen molar-refractivity contribution in [1.82, 2.24) is 0 Å². The lowest BCUT2D eigenvalue weighted by molar-refractivity contribution is -0.139. The fourth-order valence-electron chi connectivity index (χ4n) is 2.26. The second-order valence-electron chi connectivity index (χ2n) is 6.00. The Labute approximate surface area is 171 Å². The van der Waals surface area contributed by atoms with E-state index in [1.807, 2.05) is 26.0 Å². The number of esters is 1. The average molecular weight is 450 g/mol. The van der Waals surface area contributed by atoms with Gasteiger partial charge in [0.15, 0.2) is 12.4 Å². The number of anilines is 1. The first-order valence-corrected chi connectivity index (χ1v) is 10.00. The van der Waals surface area contributed by atoms with Crippen LogP contribution >= 0.6 is 27.7 Å². The number of amides is 1. The maximum absolute atomic E-state index is 12.1. The minimum absolute atomic E-state index is 0.136. The van der Waals surface area contributed by atoms with Crippen molar-refractivity contribution in [3.8, 4) is 0 Å². The molecule has 0 radical (unpaired) electrons. The van der Waals surface area contributed by atoms with Crippen LogP contribution in [0.1, 0.15) is 28.4 Å². The highest BCUT2D eigenvalue weighted by atomic mass is 79.9. The molecule has 7 heteroatoms. The molecule has 0 bridgehead atoms. The lowest BCUT2D eigenvalue weighted by atomic mass is 10.1. The maximum Gasteiger partial charge on any atom is 0.316 e. The largest absolute Gasteiger partial charge is 0.457 e. The maximum atomic E-state index is 12.1. The molecule has 0 aromatic heterocycles. The third kappa shape index (κ3) is 6.52. The number of halogens is 1. The van der Waals surface area contributed by atoms with E-state index < -0.39 is 5.97 Å². The molecule has 142 valence electrons. The highest BCUT2D eigenvalue weighted by molar-refractivity contribution is 9.10. The van der Waals surface area contributed by atoms with Gasteiger partial charge in [-0.05, 0) is 61.4 Å². The molecule has 0 saturated heterocycles. The van der Waals surface area contributed by atoms with E-state index in [1.165, 1.54) is 18.7 Å². The third-order valence-corrected chi connectivity index (χ3v) is 5.68. The van der Waals surface area contributed by atoms with Crippen LogP contribution in [0.15, 0.2) is 45.8 Å². The van der Waals surface area contributed by atoms with Crippen LogP contribution in [0.2, 0.25) is 0 Å². The molecular weight excluding hydrogens is 430 g/mol. The Hall–Kier alpha value is -2.12. The minimum Gasteiger partial charge on any atom is -0.457 e. The molecule has 2 rings (SSSR count). The second kappa shape index (κ2) is 9.71. The number of hydrogen-bond acceptors (Lipinski definition) is 5. The summed E-state index contributed by atoms with van der Waals surface area (Å²) in [6.45, 7) is 5.07. The monoisotopic (exact) mass is 449 g/mol. The van der Waals surface area contributed by atoms with Gasteiger partial charge in [0.1, 0.15) is 0 Å². The van der Waals surface area contributed by atoms with Crippen LogP contribution < -0.4 is 5.32 Å². The molecule has 0 unspecified atom stereocenters. The lowest BCUT2D eigenvalue weighted by Crippen LogP contribution is -2.15. The number of thioether (sulfide) groups is 1. The number of Topliss-reactive ketones (excluding diaryl/α,β-unsaturated/α-hetero) is 1. The molecule has 0 aliphatic carbocycles. The summed E-state index contributed by atoms with van der Waals surface area (Å²) in [5.41, 5.74) is 3.19. The quantitative estimate of drug-likeness (QED) is 0.381. The number of carbonyl (C=O) groups is 3. The third-order valence-electron chi connectivity index (χ3n) is 3.69. The summed E-state index contributed by atoms with van der Waals surface area (Å²) in [4.78, 5) is 36.1. The van der Waals surface area contributed by atoms with Gasteiger partial charge in [0.25, 0.3) is 0 Å². The Morgan fingerprint density at radius 2 is 1.74 bits per heavy atom. The molecule has 5 nitrogen and oxygen atoms in total. The van der Waals surface area contributed by atoms with E-state index in [9.17, 15) is 14.4 Å². The van der Waals surface area contributed by atoms with Crippen LogP contribution in [-0.2, 0) is 14.3 Å². The summed E-state index contributed by atoms with van der Waals surface area (Å²) in [7, 11) is 0. The molecule has 27 heavy (non-hydrogen) atoms. The molecule has 0 aliphatic heterocycles. The summed E-state index contributed by atoms with van der Waals surface area (Å²) in [5.74, 6) is -0.783. The van der Waals surface area contributed by atoms with E-state index in [4.69, 9.17) is 4.74 Å². The zero-order chi connectivity index (χ0) is 20.0. The van der Waals surface area contributed by atoms with Gasteiger partial charge < -0.3 is 10.1 Å². The molecule has 0 fully saturated rings. The Bertz CT molecular complexity index is 865. The van der Waals surface area contributed by atoms with Gasteiger partial charge in [0.05, 0.1) is 5.75 Å². The fraction of sp³-hybridized carbons (Fsp3) is 0.250. The van der Waals surface area contributed by atoms with Crippen LogP contribution in [-0.4, -0.2) is 30.0 Å². The van der Waals surface area contributed by atoms with Crippen molar-refractivity contribution < 1.29 is 19.1 Å². The van der Waals surface area contributed by atoms with E-state index in [0.717, 1.165) is 20.5 Å². The summed E-state index contributed by atoms with van der Waals surface area (Å²) < 4.78 is 6.11. The molecular formula is C20H20BrNO4S. The number of nitrogens with one attached hydrogen (secondary N) is 1. The summed E-state index contributed by atoms with van der Waals surface area (Å²) in [5, 5.41) is 2.62. The Morgan fingerprint density at radius 1 is 1.07 bits per heavy atom. The van der Waals surface area contributed by atoms with Gasteiger partial charge >= 0.3 is 5.97 Å². The van der Waals surface area contributed by atoms with Crippen molar-refractivity contribution in [1.29, 1.82) is 0 Å². The van der Waals surface area contributed by atoms with E-state index >= 15 is 0 Å². The predicted octanol–water partition coefficient (Wildman–Crippen LogP) is 4.54. The summed E-state index contributed by atoms with van der Waals surface area (Å²) >= 11 is 4.87. The Kier molecular flexibility index (Phi) is 7.62. The summed E-state index contributed by atoms with van der Waals surface area (Å²) in [6.07, 6.45) is 0. The van der Waals surface area contributed by atoms with Crippen molar-refractivity contribution >= 4 is 51.0 Å². The molecule has 0 spiro atoms. The van der Waals surface area contributed by atoms with Crippen LogP contribution in [0.25, 0.3) is 0 Å². The Morgan fingerprint density at radius 3 is 2.37 bits per heavy atom. The number of rotatable bonds is 7. The number of aryl methyl sites for hydroxylation is 2. The SMILES string of the molecule is CC(=O)Nc1ccc(C(=O)COC(=O)CSc2cc(C)c(Br)cc2C)cc1. The van der Waals surface area contributed by atoms with Crippen LogP contribution in [0.5, 0.6) is 0 Å². The van der Waals surface area contributed by atoms with Crippen molar-refractivity contribution in [2.45, 2.75) is 25.7 Å². The standard InChI is InChI=1S/C20H20BrNO4S/c1-12-9-19(13(2)8-17(12)21)27-11-20(25)26-10-18(24)15-4-6-16(7-5-15)22-14(3)23/h4-9H,10-11H2,1-3H3,(H,22,23). The van der Waals surface area contributed by atoms with Crippen LogP contribution in [0.4, 0.5) is 5.69 Å². The van der Waals surface area contributed by atoms with E-state index in [0.29, 0.717) is 11.3 Å². The number of ether oxygens (including phenoxy) is 1. The molecule has 0 aliphatic rings. The van der Waals surface area contributed by atoms with Crippen LogP contribution in [0, 0.1) is 13.8 Å². The minimum atomic E-state index is -0.441. The van der Waals surface area contributed by atoms with Gasteiger partial charge in [-0.2, -0.15) is 0 Å². The normalized spacial score (nSPS) is 10.4. The van der Waals surface area contributed by atoms with Crippen molar-refractivity contribution in [3.05, 3.63) is 57.6 Å². The van der Waals surface area contributed by atoms with Gasteiger partial charge in [-0.3, -0.25) is 14.4 Å².